The van der Waals surface area contributed by atoms with Crippen molar-refractivity contribution < 1.29 is 4.39 Å². The largest absolute Gasteiger partial charge is 0.205 e. The van der Waals surface area contributed by atoms with Gasteiger partial charge < -0.3 is 0 Å². The third kappa shape index (κ3) is 4.35. The van der Waals surface area contributed by atoms with Crippen LogP contribution >= 0.6 is 34.8 Å². The SMILES string of the molecule is Fc1ccc(CC(CCl)(CCl)Cc2ccccc2)cc1Cl. The highest BCUT2D eigenvalue weighted by atomic mass is 35.5. The standard InChI is InChI=1S/C17H16Cl3F/c18-11-17(12-19,9-13-4-2-1-3-5-13)10-14-6-7-16(21)15(20)8-14/h1-8H,9-12H2. The lowest BCUT2D eigenvalue weighted by Crippen LogP contribution is -2.31. The van der Waals surface area contributed by atoms with Crippen molar-refractivity contribution >= 4 is 34.8 Å². The third-order valence-electron chi connectivity index (χ3n) is 3.55. The fourth-order valence-electron chi connectivity index (χ4n) is 2.40. The van der Waals surface area contributed by atoms with Crippen LogP contribution in [0, 0.1) is 11.2 Å². The topological polar surface area (TPSA) is 0 Å². The van der Waals surface area contributed by atoms with E-state index in [9.17, 15) is 4.39 Å². The smallest absolute Gasteiger partial charge is 0.141 e. The molecule has 0 bridgehead atoms. The van der Waals surface area contributed by atoms with Crippen molar-refractivity contribution in [1.82, 2.24) is 0 Å². The average molecular weight is 346 g/mol. The van der Waals surface area contributed by atoms with Crippen LogP contribution in [0.3, 0.4) is 0 Å². The minimum Gasteiger partial charge on any atom is -0.205 e. The maximum atomic E-state index is 13.3. The second kappa shape index (κ2) is 7.49. The predicted molar refractivity (Wildman–Crippen MR) is 89.1 cm³/mol. The zero-order chi connectivity index (χ0) is 15.3. The van der Waals surface area contributed by atoms with E-state index >= 15 is 0 Å². The van der Waals surface area contributed by atoms with E-state index < -0.39 is 5.82 Å². The van der Waals surface area contributed by atoms with Gasteiger partial charge in [-0.1, -0.05) is 48.0 Å². The van der Waals surface area contributed by atoms with Gasteiger partial charge in [0.25, 0.3) is 0 Å². The average Bonchev–Trinajstić information content (AvgIpc) is 2.51. The third-order valence-corrected chi connectivity index (χ3v) is 4.98. The van der Waals surface area contributed by atoms with Gasteiger partial charge in [-0.3, -0.25) is 0 Å². The number of hydrogen-bond donors (Lipinski definition) is 0. The Morgan fingerprint density at radius 1 is 0.857 bits per heavy atom. The van der Waals surface area contributed by atoms with Gasteiger partial charge in [-0.05, 0) is 36.1 Å². The fourth-order valence-corrected chi connectivity index (χ4v) is 3.27. The number of alkyl halides is 2. The van der Waals surface area contributed by atoms with Crippen molar-refractivity contribution in [3.05, 3.63) is 70.5 Å². The Morgan fingerprint density at radius 2 is 1.48 bits per heavy atom. The molecule has 0 aliphatic rings. The van der Waals surface area contributed by atoms with Crippen LogP contribution in [0.5, 0.6) is 0 Å². The maximum absolute atomic E-state index is 13.3. The van der Waals surface area contributed by atoms with Gasteiger partial charge in [-0.2, -0.15) is 0 Å². The zero-order valence-electron chi connectivity index (χ0n) is 11.5. The van der Waals surface area contributed by atoms with Gasteiger partial charge in [-0.25, -0.2) is 4.39 Å². The normalized spacial score (nSPS) is 11.6. The first-order chi connectivity index (χ1) is 10.1. The lowest BCUT2D eigenvalue weighted by molar-refractivity contribution is 0.373. The summed E-state index contributed by atoms with van der Waals surface area (Å²) < 4.78 is 13.3. The predicted octanol–water partition coefficient (Wildman–Crippen LogP) is 5.73. The summed E-state index contributed by atoms with van der Waals surface area (Å²) in [5.74, 6) is 0.451. The van der Waals surface area contributed by atoms with Crippen molar-refractivity contribution in [2.24, 2.45) is 5.41 Å². The molecule has 21 heavy (non-hydrogen) atoms. The lowest BCUT2D eigenvalue weighted by atomic mass is 9.80. The Balaban J connectivity index is 2.23. The highest BCUT2D eigenvalue weighted by Crippen LogP contribution is 2.32. The molecule has 0 nitrogen and oxygen atoms in total. The summed E-state index contributed by atoms with van der Waals surface area (Å²) in [6.45, 7) is 0. The molecule has 4 heteroatoms. The van der Waals surface area contributed by atoms with Gasteiger partial charge >= 0.3 is 0 Å². The van der Waals surface area contributed by atoms with Gasteiger partial charge in [0.2, 0.25) is 0 Å². The van der Waals surface area contributed by atoms with E-state index in [-0.39, 0.29) is 10.4 Å². The summed E-state index contributed by atoms with van der Waals surface area (Å²) in [7, 11) is 0. The molecule has 0 radical (unpaired) electrons. The molecule has 112 valence electrons. The Bertz CT molecular complexity index is 580. The van der Waals surface area contributed by atoms with Crippen LogP contribution in [-0.2, 0) is 12.8 Å². The Morgan fingerprint density at radius 3 is 2.05 bits per heavy atom. The molecule has 0 aromatic heterocycles. The van der Waals surface area contributed by atoms with Crippen molar-refractivity contribution in [3.8, 4) is 0 Å². The van der Waals surface area contributed by atoms with Gasteiger partial charge in [-0.15, -0.1) is 23.2 Å². The van der Waals surface area contributed by atoms with Crippen LogP contribution in [0.4, 0.5) is 4.39 Å². The van der Waals surface area contributed by atoms with E-state index in [1.165, 1.54) is 11.6 Å². The van der Waals surface area contributed by atoms with Crippen LogP contribution in [0.1, 0.15) is 11.1 Å². The van der Waals surface area contributed by atoms with E-state index in [0.717, 1.165) is 12.0 Å². The second-order valence-electron chi connectivity index (χ2n) is 5.35. The molecule has 0 spiro atoms. The van der Waals surface area contributed by atoms with Gasteiger partial charge in [0.15, 0.2) is 0 Å². The lowest BCUT2D eigenvalue weighted by Gasteiger charge is -2.30. The molecule has 0 aliphatic heterocycles. The summed E-state index contributed by atoms with van der Waals surface area (Å²) in [4.78, 5) is 0. The number of rotatable bonds is 6. The highest BCUT2D eigenvalue weighted by molar-refractivity contribution is 6.30. The van der Waals surface area contributed by atoms with Crippen LogP contribution < -0.4 is 0 Å². The summed E-state index contributed by atoms with van der Waals surface area (Å²) in [6, 6.07) is 14.9. The van der Waals surface area contributed by atoms with E-state index in [1.807, 2.05) is 18.2 Å². The first-order valence-corrected chi connectivity index (χ1v) is 8.13. The molecule has 2 rings (SSSR count). The minimum atomic E-state index is -0.411. The monoisotopic (exact) mass is 344 g/mol. The minimum absolute atomic E-state index is 0.130. The molecule has 0 aliphatic carbocycles. The molecule has 0 heterocycles. The molecular weight excluding hydrogens is 330 g/mol. The summed E-state index contributed by atoms with van der Waals surface area (Å²) in [5.41, 5.74) is 1.86. The number of hydrogen-bond acceptors (Lipinski definition) is 0. The Labute approximate surface area is 139 Å². The fraction of sp³-hybridized carbons (Fsp3) is 0.294. The van der Waals surface area contributed by atoms with Crippen LogP contribution in [0.15, 0.2) is 48.5 Å². The second-order valence-corrected chi connectivity index (χ2v) is 6.30. The summed E-state index contributed by atoms with van der Waals surface area (Å²) >= 11 is 18.3. The molecule has 0 saturated carbocycles. The molecule has 0 unspecified atom stereocenters. The van der Waals surface area contributed by atoms with Gasteiger partial charge in [0.1, 0.15) is 5.82 Å². The van der Waals surface area contributed by atoms with Gasteiger partial charge in [0, 0.05) is 17.2 Å². The van der Waals surface area contributed by atoms with Crippen LogP contribution in [-0.4, -0.2) is 11.8 Å². The summed E-state index contributed by atoms with van der Waals surface area (Å²) in [5, 5.41) is 0.130. The molecule has 0 saturated heterocycles. The first-order valence-electron chi connectivity index (χ1n) is 6.68. The number of benzene rings is 2. The van der Waals surface area contributed by atoms with Gasteiger partial charge in [0.05, 0.1) is 5.02 Å². The first kappa shape index (κ1) is 16.6. The van der Waals surface area contributed by atoms with E-state index in [0.29, 0.717) is 18.2 Å². The van der Waals surface area contributed by atoms with Crippen molar-refractivity contribution in [3.63, 3.8) is 0 Å². The van der Waals surface area contributed by atoms with E-state index in [1.54, 1.807) is 12.1 Å². The molecular formula is C17H16Cl3F. The Kier molecular flexibility index (Phi) is 5.92. The summed E-state index contributed by atoms with van der Waals surface area (Å²) in [6.07, 6.45) is 1.44. The number of halogens is 4. The molecule has 0 fully saturated rings. The zero-order valence-corrected chi connectivity index (χ0v) is 13.7. The van der Waals surface area contributed by atoms with Crippen LogP contribution in [0.25, 0.3) is 0 Å². The van der Waals surface area contributed by atoms with E-state index in [4.69, 9.17) is 34.8 Å². The van der Waals surface area contributed by atoms with E-state index in [2.05, 4.69) is 12.1 Å². The Hall–Kier alpha value is -0.760. The molecule has 2 aromatic rings. The molecule has 0 atom stereocenters. The van der Waals surface area contributed by atoms with Crippen molar-refractivity contribution in [1.29, 1.82) is 0 Å². The highest BCUT2D eigenvalue weighted by Gasteiger charge is 2.29. The molecule has 0 amide bonds. The van der Waals surface area contributed by atoms with Crippen LogP contribution in [0.2, 0.25) is 5.02 Å². The van der Waals surface area contributed by atoms with Crippen molar-refractivity contribution in [2.45, 2.75) is 12.8 Å². The molecule has 0 N–H and O–H groups in total. The quantitative estimate of drug-likeness (QED) is 0.587. The van der Waals surface area contributed by atoms with Crippen molar-refractivity contribution in [2.75, 3.05) is 11.8 Å². The maximum Gasteiger partial charge on any atom is 0.141 e. The molecule has 2 aromatic carbocycles.